The molecule has 1 nitrogen and oxygen atoms in total. The summed E-state index contributed by atoms with van der Waals surface area (Å²) >= 11 is 3.29. The van der Waals surface area contributed by atoms with Gasteiger partial charge in [0, 0.05) is 16.9 Å². The molecule has 1 N–H and O–H groups in total. The number of rotatable bonds is 3. The quantitative estimate of drug-likeness (QED) is 0.894. The van der Waals surface area contributed by atoms with Crippen LogP contribution in [0.2, 0.25) is 0 Å². The highest BCUT2D eigenvalue weighted by Gasteiger charge is 2.67. The van der Waals surface area contributed by atoms with Gasteiger partial charge in [-0.05, 0) is 24.7 Å². The van der Waals surface area contributed by atoms with Crippen molar-refractivity contribution in [1.29, 1.82) is 0 Å². The fraction of sp³-hybridized carbons (Fsp3) is 0.455. The molecule has 0 aromatic heterocycles. The third-order valence-electron chi connectivity index (χ3n) is 2.86. The minimum absolute atomic E-state index is 0.369. The van der Waals surface area contributed by atoms with Gasteiger partial charge in [-0.25, -0.2) is 8.78 Å². The maximum Gasteiger partial charge on any atom is 0.260 e. The normalized spacial score (nSPS) is 27.7. The van der Waals surface area contributed by atoms with Gasteiger partial charge in [0.05, 0.1) is 5.92 Å². The maximum atomic E-state index is 13.4. The summed E-state index contributed by atoms with van der Waals surface area (Å²) in [7, 11) is 1.70. The van der Waals surface area contributed by atoms with Crippen LogP contribution in [-0.2, 0) is 0 Å². The molecule has 0 aliphatic heterocycles. The number of alkyl halides is 2. The van der Waals surface area contributed by atoms with Gasteiger partial charge in [-0.15, -0.1) is 0 Å². The van der Waals surface area contributed by atoms with Crippen LogP contribution in [0.15, 0.2) is 28.7 Å². The molecule has 0 unspecified atom stereocenters. The Balaban J connectivity index is 2.16. The molecule has 0 amide bonds. The Morgan fingerprint density at radius 2 is 1.93 bits per heavy atom. The van der Waals surface area contributed by atoms with Crippen LogP contribution >= 0.6 is 15.9 Å². The molecule has 1 aliphatic rings. The Labute approximate surface area is 96.0 Å². The van der Waals surface area contributed by atoms with Crippen LogP contribution in [-0.4, -0.2) is 19.5 Å². The number of nitrogens with one attached hydrogen (secondary N) is 1. The van der Waals surface area contributed by atoms with Crippen LogP contribution < -0.4 is 5.32 Å². The first-order chi connectivity index (χ1) is 7.07. The Bertz CT molecular complexity index is 350. The largest absolute Gasteiger partial charge is 0.319 e. The Morgan fingerprint density at radius 3 is 2.47 bits per heavy atom. The second kappa shape index (κ2) is 3.83. The van der Waals surface area contributed by atoms with Gasteiger partial charge >= 0.3 is 0 Å². The van der Waals surface area contributed by atoms with Crippen molar-refractivity contribution in [3.8, 4) is 0 Å². The summed E-state index contributed by atoms with van der Waals surface area (Å²) in [5, 5.41) is 2.81. The van der Waals surface area contributed by atoms with E-state index in [1.165, 1.54) is 0 Å². The van der Waals surface area contributed by atoms with E-state index in [-0.39, 0.29) is 0 Å². The van der Waals surface area contributed by atoms with Gasteiger partial charge in [0.1, 0.15) is 0 Å². The predicted molar refractivity (Wildman–Crippen MR) is 59.2 cm³/mol. The molecule has 1 aromatic carbocycles. The summed E-state index contributed by atoms with van der Waals surface area (Å²) < 4.78 is 27.7. The topological polar surface area (TPSA) is 12.0 Å². The second-order valence-corrected chi connectivity index (χ2v) is 4.78. The van der Waals surface area contributed by atoms with Crippen LogP contribution in [0.5, 0.6) is 0 Å². The first kappa shape index (κ1) is 11.0. The molecular formula is C11H12BrF2N. The molecule has 1 saturated carbocycles. The molecule has 0 heterocycles. The molecule has 0 saturated heterocycles. The SMILES string of the molecule is CNC[C@@H]1[C@H](c2ccc(Br)cc2)C1(F)F. The van der Waals surface area contributed by atoms with E-state index in [4.69, 9.17) is 0 Å². The van der Waals surface area contributed by atoms with Crippen molar-refractivity contribution >= 4 is 15.9 Å². The summed E-state index contributed by atoms with van der Waals surface area (Å²) in [6.45, 7) is 0.369. The average Bonchev–Trinajstić information content (AvgIpc) is 2.71. The van der Waals surface area contributed by atoms with Gasteiger partial charge in [0.15, 0.2) is 0 Å². The van der Waals surface area contributed by atoms with Crippen molar-refractivity contribution in [3.05, 3.63) is 34.3 Å². The smallest absolute Gasteiger partial charge is 0.260 e. The van der Waals surface area contributed by atoms with Gasteiger partial charge < -0.3 is 5.32 Å². The molecule has 82 valence electrons. The van der Waals surface area contributed by atoms with Crippen LogP contribution in [0.4, 0.5) is 8.78 Å². The molecule has 1 aliphatic carbocycles. The van der Waals surface area contributed by atoms with Gasteiger partial charge in [-0.1, -0.05) is 28.1 Å². The van der Waals surface area contributed by atoms with Crippen molar-refractivity contribution < 1.29 is 8.78 Å². The van der Waals surface area contributed by atoms with Gasteiger partial charge in [0.2, 0.25) is 0 Å². The highest BCUT2D eigenvalue weighted by molar-refractivity contribution is 9.10. The highest BCUT2D eigenvalue weighted by Crippen LogP contribution is 2.61. The van der Waals surface area contributed by atoms with Crippen molar-refractivity contribution in [1.82, 2.24) is 5.32 Å². The molecule has 1 fully saturated rings. The fourth-order valence-electron chi connectivity index (χ4n) is 1.99. The summed E-state index contributed by atoms with van der Waals surface area (Å²) in [6, 6.07) is 7.14. The highest BCUT2D eigenvalue weighted by atomic mass is 79.9. The predicted octanol–water partition coefficient (Wildman–Crippen LogP) is 3.02. The lowest BCUT2D eigenvalue weighted by atomic mass is 10.1. The van der Waals surface area contributed by atoms with Crippen molar-refractivity contribution in [3.63, 3.8) is 0 Å². The number of hydrogen-bond acceptors (Lipinski definition) is 1. The monoisotopic (exact) mass is 275 g/mol. The Hall–Kier alpha value is -0.480. The zero-order valence-corrected chi connectivity index (χ0v) is 9.89. The number of benzene rings is 1. The lowest BCUT2D eigenvalue weighted by molar-refractivity contribution is 0.0934. The molecule has 1 aromatic rings. The molecular weight excluding hydrogens is 264 g/mol. The third kappa shape index (κ3) is 1.93. The molecule has 2 atom stereocenters. The summed E-state index contributed by atoms with van der Waals surface area (Å²) in [4.78, 5) is 0. The van der Waals surface area contributed by atoms with E-state index in [9.17, 15) is 8.78 Å². The van der Waals surface area contributed by atoms with E-state index in [1.54, 1.807) is 31.3 Å². The number of halogens is 3. The van der Waals surface area contributed by atoms with Crippen molar-refractivity contribution in [2.75, 3.05) is 13.6 Å². The standard InChI is InChI=1S/C11H12BrF2N/c1-15-6-9-10(11(9,13)14)7-2-4-8(12)5-3-7/h2-5,9-10,15H,6H2,1H3/t9-,10+/m1/s1. The Kier molecular flexibility index (Phi) is 2.81. The van der Waals surface area contributed by atoms with Crippen LogP contribution in [0.25, 0.3) is 0 Å². The lowest BCUT2D eigenvalue weighted by Crippen LogP contribution is -2.13. The van der Waals surface area contributed by atoms with Crippen LogP contribution in [0, 0.1) is 5.92 Å². The Morgan fingerprint density at radius 1 is 1.33 bits per heavy atom. The van der Waals surface area contributed by atoms with E-state index in [1.807, 2.05) is 0 Å². The molecule has 0 bridgehead atoms. The number of hydrogen-bond donors (Lipinski definition) is 1. The minimum Gasteiger partial charge on any atom is -0.319 e. The lowest BCUT2D eigenvalue weighted by Gasteiger charge is -1.98. The molecule has 4 heteroatoms. The molecule has 0 spiro atoms. The summed E-state index contributed by atoms with van der Waals surface area (Å²) in [6.07, 6.45) is 0. The molecule has 0 radical (unpaired) electrons. The summed E-state index contributed by atoms with van der Waals surface area (Å²) in [5.41, 5.74) is 0.725. The van der Waals surface area contributed by atoms with E-state index >= 15 is 0 Å². The first-order valence-corrected chi connectivity index (χ1v) is 5.64. The maximum absolute atomic E-state index is 13.4. The van der Waals surface area contributed by atoms with E-state index in [0.717, 1.165) is 10.0 Å². The fourth-order valence-corrected chi connectivity index (χ4v) is 2.25. The third-order valence-corrected chi connectivity index (χ3v) is 3.38. The first-order valence-electron chi connectivity index (χ1n) is 4.85. The molecule has 2 rings (SSSR count). The molecule has 15 heavy (non-hydrogen) atoms. The second-order valence-electron chi connectivity index (χ2n) is 3.87. The van der Waals surface area contributed by atoms with E-state index < -0.39 is 17.8 Å². The van der Waals surface area contributed by atoms with Crippen molar-refractivity contribution in [2.45, 2.75) is 11.8 Å². The van der Waals surface area contributed by atoms with Crippen molar-refractivity contribution in [2.24, 2.45) is 5.92 Å². The van der Waals surface area contributed by atoms with Crippen LogP contribution in [0.3, 0.4) is 0 Å². The van der Waals surface area contributed by atoms with Gasteiger partial charge in [0.25, 0.3) is 5.92 Å². The zero-order chi connectivity index (χ0) is 11.1. The van der Waals surface area contributed by atoms with Crippen LogP contribution in [0.1, 0.15) is 11.5 Å². The summed E-state index contributed by atoms with van der Waals surface area (Å²) in [5.74, 6) is -3.71. The van der Waals surface area contributed by atoms with E-state index in [2.05, 4.69) is 21.2 Å². The van der Waals surface area contributed by atoms with Gasteiger partial charge in [-0.3, -0.25) is 0 Å². The van der Waals surface area contributed by atoms with E-state index in [0.29, 0.717) is 6.54 Å². The average molecular weight is 276 g/mol. The van der Waals surface area contributed by atoms with Gasteiger partial charge in [-0.2, -0.15) is 0 Å². The zero-order valence-electron chi connectivity index (χ0n) is 8.31. The minimum atomic E-state index is -2.54.